The van der Waals surface area contributed by atoms with Crippen molar-refractivity contribution < 1.29 is 14.5 Å². The van der Waals surface area contributed by atoms with Crippen molar-refractivity contribution in [1.29, 1.82) is 5.26 Å². The van der Waals surface area contributed by atoms with Gasteiger partial charge in [0.05, 0.1) is 17.4 Å². The Morgan fingerprint density at radius 2 is 2.29 bits per heavy atom. The van der Waals surface area contributed by atoms with Crippen LogP contribution in [-0.4, -0.2) is 23.1 Å². The fourth-order valence-corrected chi connectivity index (χ4v) is 1.58. The number of nitriles is 1. The lowest BCUT2D eigenvalue weighted by molar-refractivity contribution is -0.385. The number of hydrogen-bond donors (Lipinski definition) is 0. The van der Waals surface area contributed by atoms with E-state index < -0.39 is 10.6 Å². The highest BCUT2D eigenvalue weighted by Gasteiger charge is 2.22. The topological polar surface area (TPSA) is 93.2 Å². The van der Waals surface area contributed by atoms with Crippen molar-refractivity contribution in [2.45, 2.75) is 0 Å². The number of halogens is 1. The molecule has 0 atom stereocenters. The van der Waals surface area contributed by atoms with Gasteiger partial charge in [0.1, 0.15) is 11.8 Å². The Labute approximate surface area is 105 Å². The highest BCUT2D eigenvalue weighted by atomic mass is 79.9. The van der Waals surface area contributed by atoms with Crippen molar-refractivity contribution in [2.75, 3.05) is 12.4 Å². The van der Waals surface area contributed by atoms with Gasteiger partial charge >= 0.3 is 0 Å². The Kier molecular flexibility index (Phi) is 4.17. The molecule has 0 amide bonds. The molecule has 0 N–H and O–H groups in total. The minimum atomic E-state index is -0.716. The van der Waals surface area contributed by atoms with Gasteiger partial charge in [0, 0.05) is 11.6 Å². The maximum atomic E-state index is 11.4. The summed E-state index contributed by atoms with van der Waals surface area (Å²) in [5, 5.41) is 19.7. The second-order valence-corrected chi connectivity index (χ2v) is 3.56. The van der Waals surface area contributed by atoms with Crippen molar-refractivity contribution in [1.82, 2.24) is 0 Å². The van der Waals surface area contributed by atoms with E-state index in [0.29, 0.717) is 0 Å². The van der Waals surface area contributed by atoms with E-state index in [4.69, 9.17) is 10.00 Å². The first kappa shape index (κ1) is 13.1. The predicted molar refractivity (Wildman–Crippen MR) is 62.5 cm³/mol. The summed E-state index contributed by atoms with van der Waals surface area (Å²) in [5.41, 5.74) is -0.496. The summed E-state index contributed by atoms with van der Waals surface area (Å²) in [7, 11) is 1.28. The first-order valence-electron chi connectivity index (χ1n) is 4.40. The van der Waals surface area contributed by atoms with E-state index in [1.54, 1.807) is 6.07 Å². The van der Waals surface area contributed by atoms with Crippen LogP contribution in [0, 0.1) is 21.4 Å². The molecule has 0 aliphatic heterocycles. The number of nitrogens with zero attached hydrogens (tertiary/aromatic N) is 2. The van der Waals surface area contributed by atoms with Crippen LogP contribution in [0.5, 0.6) is 5.75 Å². The summed E-state index contributed by atoms with van der Waals surface area (Å²) in [4.78, 5) is 21.5. The molecule has 1 rings (SSSR count). The molecule has 0 aliphatic rings. The van der Waals surface area contributed by atoms with Crippen LogP contribution in [0.4, 0.5) is 5.69 Å². The average molecular weight is 299 g/mol. The number of methoxy groups -OCH3 is 1. The summed E-state index contributed by atoms with van der Waals surface area (Å²) in [5.74, 6) is -0.304. The molecule has 0 heterocycles. The third kappa shape index (κ3) is 2.60. The fraction of sp³-hybridized carbons (Fsp3) is 0.200. The lowest BCUT2D eigenvalue weighted by Crippen LogP contribution is -2.04. The SMILES string of the molecule is COc1cc(C(=O)CBr)cc([N+](=O)[O-])c1C#N. The maximum Gasteiger partial charge on any atom is 0.291 e. The largest absolute Gasteiger partial charge is 0.495 e. The molecule has 0 radical (unpaired) electrons. The molecule has 1 aromatic carbocycles. The van der Waals surface area contributed by atoms with E-state index in [1.807, 2.05) is 0 Å². The summed E-state index contributed by atoms with van der Waals surface area (Å²) in [6.45, 7) is 0. The lowest BCUT2D eigenvalue weighted by atomic mass is 10.1. The molecule has 0 spiro atoms. The molecular weight excluding hydrogens is 292 g/mol. The van der Waals surface area contributed by atoms with Crippen molar-refractivity contribution in [2.24, 2.45) is 0 Å². The minimum absolute atomic E-state index is 0.0194. The quantitative estimate of drug-likeness (QED) is 0.367. The molecule has 1 aromatic rings. The van der Waals surface area contributed by atoms with Crippen molar-refractivity contribution >= 4 is 27.4 Å². The van der Waals surface area contributed by atoms with Gasteiger partial charge in [-0.3, -0.25) is 14.9 Å². The van der Waals surface area contributed by atoms with Crippen molar-refractivity contribution in [3.8, 4) is 11.8 Å². The number of ketones is 1. The third-order valence-corrected chi connectivity index (χ3v) is 2.56. The molecule has 7 heteroatoms. The average Bonchev–Trinajstić information content (AvgIpc) is 2.35. The molecule has 0 unspecified atom stereocenters. The number of benzene rings is 1. The van der Waals surface area contributed by atoms with Gasteiger partial charge in [-0.15, -0.1) is 0 Å². The molecule has 0 aliphatic carbocycles. The van der Waals surface area contributed by atoms with Crippen molar-refractivity contribution in [3.05, 3.63) is 33.4 Å². The van der Waals surface area contributed by atoms with Crippen LogP contribution < -0.4 is 4.74 Å². The lowest BCUT2D eigenvalue weighted by Gasteiger charge is -2.05. The van der Waals surface area contributed by atoms with E-state index in [-0.39, 0.29) is 28.0 Å². The molecule has 6 nitrogen and oxygen atoms in total. The molecule has 88 valence electrons. The number of nitro benzene ring substituents is 1. The van der Waals surface area contributed by atoms with Gasteiger partial charge in [0.25, 0.3) is 5.69 Å². The Morgan fingerprint density at radius 1 is 1.65 bits per heavy atom. The molecule has 0 fully saturated rings. The Hall–Kier alpha value is -1.94. The molecule has 0 saturated heterocycles. The van der Waals surface area contributed by atoms with E-state index in [2.05, 4.69) is 15.9 Å². The zero-order valence-electron chi connectivity index (χ0n) is 8.77. The van der Waals surface area contributed by atoms with Gasteiger partial charge in [-0.1, -0.05) is 15.9 Å². The number of carbonyl (C=O) groups is 1. The number of nitro groups is 1. The van der Waals surface area contributed by atoms with Crippen LogP contribution in [0.2, 0.25) is 0 Å². The highest BCUT2D eigenvalue weighted by molar-refractivity contribution is 9.09. The Morgan fingerprint density at radius 3 is 2.71 bits per heavy atom. The van der Waals surface area contributed by atoms with E-state index >= 15 is 0 Å². The normalized spacial score (nSPS) is 9.47. The summed E-state index contributed by atoms with van der Waals surface area (Å²) in [6.07, 6.45) is 0. The predicted octanol–water partition coefficient (Wildman–Crippen LogP) is 2.05. The van der Waals surface area contributed by atoms with Gasteiger partial charge < -0.3 is 4.74 Å². The smallest absolute Gasteiger partial charge is 0.291 e. The summed E-state index contributed by atoms with van der Waals surface area (Å²) in [6, 6.07) is 4.08. The van der Waals surface area contributed by atoms with Crippen LogP contribution in [0.1, 0.15) is 15.9 Å². The monoisotopic (exact) mass is 298 g/mol. The second kappa shape index (κ2) is 5.41. The molecular formula is C10H7BrN2O4. The van der Waals surface area contributed by atoms with Crippen LogP contribution in [-0.2, 0) is 0 Å². The Balaban J connectivity index is 3.52. The summed E-state index contributed by atoms with van der Waals surface area (Å²) >= 11 is 2.97. The number of Topliss-reactive ketones (excluding diaryl/α,β-unsaturated/α-hetero) is 1. The van der Waals surface area contributed by atoms with Crippen LogP contribution in [0.25, 0.3) is 0 Å². The Bertz CT molecular complexity index is 522. The minimum Gasteiger partial charge on any atom is -0.495 e. The van der Waals surface area contributed by atoms with Gasteiger partial charge in [0.15, 0.2) is 11.3 Å². The van der Waals surface area contributed by atoms with Crippen LogP contribution in [0.15, 0.2) is 12.1 Å². The standard InChI is InChI=1S/C10H7BrN2O4/c1-17-10-3-6(9(14)4-11)2-8(13(15)16)7(10)5-12/h2-3H,4H2,1H3. The van der Waals surface area contributed by atoms with Crippen LogP contribution in [0.3, 0.4) is 0 Å². The van der Waals surface area contributed by atoms with Crippen LogP contribution >= 0.6 is 15.9 Å². The first-order chi connectivity index (χ1) is 8.04. The van der Waals surface area contributed by atoms with Gasteiger partial charge in [-0.2, -0.15) is 5.26 Å². The third-order valence-electron chi connectivity index (χ3n) is 2.05. The van der Waals surface area contributed by atoms with Gasteiger partial charge in [-0.25, -0.2) is 0 Å². The fourth-order valence-electron chi connectivity index (χ4n) is 1.26. The second-order valence-electron chi connectivity index (χ2n) is 3.00. The zero-order chi connectivity index (χ0) is 13.0. The molecule has 17 heavy (non-hydrogen) atoms. The maximum absolute atomic E-state index is 11.4. The molecule has 0 saturated carbocycles. The van der Waals surface area contributed by atoms with Gasteiger partial charge in [-0.05, 0) is 6.07 Å². The first-order valence-corrected chi connectivity index (χ1v) is 5.53. The molecule has 0 bridgehead atoms. The zero-order valence-corrected chi connectivity index (χ0v) is 10.4. The van der Waals surface area contributed by atoms with Gasteiger partial charge in [0.2, 0.25) is 0 Å². The van der Waals surface area contributed by atoms with E-state index in [1.165, 1.54) is 13.2 Å². The number of carbonyl (C=O) groups excluding carboxylic acids is 1. The number of hydrogen-bond acceptors (Lipinski definition) is 5. The van der Waals surface area contributed by atoms with E-state index in [9.17, 15) is 14.9 Å². The number of alkyl halides is 1. The van der Waals surface area contributed by atoms with Crippen molar-refractivity contribution in [3.63, 3.8) is 0 Å². The summed E-state index contributed by atoms with van der Waals surface area (Å²) < 4.78 is 4.87. The van der Waals surface area contributed by atoms with E-state index in [0.717, 1.165) is 6.07 Å². The number of rotatable bonds is 4. The highest BCUT2D eigenvalue weighted by Crippen LogP contribution is 2.29. The number of ether oxygens (including phenoxy) is 1. The molecule has 0 aromatic heterocycles.